The summed E-state index contributed by atoms with van der Waals surface area (Å²) >= 11 is 0. The van der Waals surface area contributed by atoms with E-state index in [-0.39, 0.29) is 11.4 Å². The molecule has 0 saturated heterocycles. The number of carbonyl (C=O) groups is 1. The Balaban J connectivity index is 2.20. The number of rotatable bonds is 4. The minimum absolute atomic E-state index is 0.117. The maximum atomic E-state index is 12.8. The van der Waals surface area contributed by atoms with E-state index in [2.05, 4.69) is 15.8 Å². The van der Waals surface area contributed by atoms with Crippen LogP contribution in [0.5, 0.6) is 0 Å². The van der Waals surface area contributed by atoms with Crippen LogP contribution in [0.3, 0.4) is 0 Å². The first-order valence-electron chi connectivity index (χ1n) is 6.95. The maximum absolute atomic E-state index is 12.8. The number of aliphatic hydroxyl groups is 1. The number of nitrogens with zero attached hydrogens (tertiary/aromatic N) is 1. The Morgan fingerprint density at radius 2 is 1.96 bits per heavy atom. The zero-order valence-corrected chi connectivity index (χ0v) is 12.9. The molecule has 6 nitrogen and oxygen atoms in total. The molecule has 130 valence electrons. The van der Waals surface area contributed by atoms with Gasteiger partial charge >= 0.3 is 12.2 Å². The van der Waals surface area contributed by atoms with Gasteiger partial charge in [0.1, 0.15) is 5.76 Å². The Hall–Kier alpha value is -2.55. The molecule has 0 aliphatic rings. The fourth-order valence-corrected chi connectivity index (χ4v) is 2.07. The van der Waals surface area contributed by atoms with Crippen LogP contribution in [-0.2, 0) is 11.7 Å². The SMILES string of the molecule is Cc1cc(NC(=O)NC(C)(CO)c2cccc(C(F)(F)F)c2)no1. The molecule has 1 heterocycles. The Kier molecular flexibility index (Phi) is 4.83. The summed E-state index contributed by atoms with van der Waals surface area (Å²) in [5.41, 5.74) is -2.16. The summed E-state index contributed by atoms with van der Waals surface area (Å²) in [6.45, 7) is 2.45. The minimum atomic E-state index is -4.52. The van der Waals surface area contributed by atoms with Crippen molar-refractivity contribution in [3.8, 4) is 0 Å². The van der Waals surface area contributed by atoms with Gasteiger partial charge in [-0.3, -0.25) is 5.32 Å². The van der Waals surface area contributed by atoms with E-state index in [1.807, 2.05) is 0 Å². The molecule has 0 fully saturated rings. The first-order valence-corrected chi connectivity index (χ1v) is 6.95. The van der Waals surface area contributed by atoms with Crippen molar-refractivity contribution in [2.24, 2.45) is 0 Å². The fourth-order valence-electron chi connectivity index (χ4n) is 2.07. The Morgan fingerprint density at radius 1 is 1.29 bits per heavy atom. The van der Waals surface area contributed by atoms with Gasteiger partial charge in [0, 0.05) is 6.07 Å². The lowest BCUT2D eigenvalue weighted by Crippen LogP contribution is -2.48. The van der Waals surface area contributed by atoms with Crippen LogP contribution in [0.15, 0.2) is 34.9 Å². The molecule has 0 aliphatic carbocycles. The highest BCUT2D eigenvalue weighted by Gasteiger charge is 2.34. The number of benzene rings is 1. The van der Waals surface area contributed by atoms with Gasteiger partial charge in [0.2, 0.25) is 0 Å². The van der Waals surface area contributed by atoms with Gasteiger partial charge in [-0.2, -0.15) is 13.2 Å². The van der Waals surface area contributed by atoms with Crippen molar-refractivity contribution in [1.29, 1.82) is 0 Å². The summed E-state index contributed by atoms with van der Waals surface area (Å²) in [6, 6.07) is 5.15. The van der Waals surface area contributed by atoms with Gasteiger partial charge in [-0.05, 0) is 31.5 Å². The number of urea groups is 1. The Morgan fingerprint density at radius 3 is 2.50 bits per heavy atom. The van der Waals surface area contributed by atoms with Gasteiger partial charge in [-0.15, -0.1) is 0 Å². The first kappa shape index (κ1) is 17.8. The van der Waals surface area contributed by atoms with Gasteiger partial charge < -0.3 is 14.9 Å². The molecule has 1 unspecified atom stereocenters. The molecule has 2 rings (SSSR count). The lowest BCUT2D eigenvalue weighted by atomic mass is 9.91. The third kappa shape index (κ3) is 4.05. The van der Waals surface area contributed by atoms with Gasteiger partial charge in [0.05, 0.1) is 17.7 Å². The topological polar surface area (TPSA) is 87.4 Å². The number of amides is 2. The number of alkyl halides is 3. The van der Waals surface area contributed by atoms with Crippen molar-refractivity contribution < 1.29 is 27.6 Å². The molecule has 0 aliphatic heterocycles. The second-order valence-corrected chi connectivity index (χ2v) is 5.47. The average molecular weight is 343 g/mol. The van der Waals surface area contributed by atoms with Gasteiger partial charge in [0.25, 0.3) is 0 Å². The molecule has 1 aromatic carbocycles. The molecular formula is C15H16F3N3O3. The number of aliphatic hydroxyl groups excluding tert-OH is 1. The zero-order valence-electron chi connectivity index (χ0n) is 12.9. The van der Waals surface area contributed by atoms with Crippen LogP contribution in [0, 0.1) is 6.92 Å². The van der Waals surface area contributed by atoms with Crippen LogP contribution >= 0.6 is 0 Å². The van der Waals surface area contributed by atoms with Crippen molar-refractivity contribution in [2.45, 2.75) is 25.6 Å². The number of aryl methyl sites for hydroxylation is 1. The van der Waals surface area contributed by atoms with Crippen LogP contribution in [0.1, 0.15) is 23.8 Å². The van der Waals surface area contributed by atoms with Crippen LogP contribution in [-0.4, -0.2) is 22.9 Å². The quantitative estimate of drug-likeness (QED) is 0.796. The molecular weight excluding hydrogens is 327 g/mol. The highest BCUT2D eigenvalue weighted by Crippen LogP contribution is 2.32. The fraction of sp³-hybridized carbons (Fsp3) is 0.333. The summed E-state index contributed by atoms with van der Waals surface area (Å²) < 4.78 is 43.3. The monoisotopic (exact) mass is 343 g/mol. The second-order valence-electron chi connectivity index (χ2n) is 5.47. The molecule has 2 aromatic rings. The van der Waals surface area contributed by atoms with Crippen molar-refractivity contribution in [3.63, 3.8) is 0 Å². The number of aromatic nitrogens is 1. The standard InChI is InChI=1S/C15H16F3N3O3/c1-9-6-12(21-24-9)19-13(23)20-14(2,8-22)10-4-3-5-11(7-10)15(16,17)18/h3-7,22H,8H2,1-2H3,(H2,19,20,21,23). The predicted molar refractivity (Wildman–Crippen MR) is 79.3 cm³/mol. The van der Waals surface area contributed by atoms with E-state index in [1.54, 1.807) is 6.92 Å². The third-order valence-electron chi connectivity index (χ3n) is 3.40. The van der Waals surface area contributed by atoms with Gasteiger partial charge in [-0.25, -0.2) is 4.79 Å². The van der Waals surface area contributed by atoms with E-state index in [1.165, 1.54) is 25.1 Å². The third-order valence-corrected chi connectivity index (χ3v) is 3.40. The summed E-state index contributed by atoms with van der Waals surface area (Å²) in [4.78, 5) is 12.0. The molecule has 9 heteroatoms. The number of anilines is 1. The summed E-state index contributed by atoms with van der Waals surface area (Å²) in [5, 5.41) is 18.0. The second kappa shape index (κ2) is 6.52. The number of hydrogen-bond donors (Lipinski definition) is 3. The summed E-state index contributed by atoms with van der Waals surface area (Å²) in [6.07, 6.45) is -4.52. The van der Waals surface area contributed by atoms with E-state index in [4.69, 9.17) is 4.52 Å². The van der Waals surface area contributed by atoms with Crippen LogP contribution < -0.4 is 10.6 Å². The minimum Gasteiger partial charge on any atom is -0.394 e. The van der Waals surface area contributed by atoms with E-state index in [9.17, 15) is 23.1 Å². The van der Waals surface area contributed by atoms with Crippen molar-refractivity contribution in [1.82, 2.24) is 10.5 Å². The van der Waals surface area contributed by atoms with E-state index >= 15 is 0 Å². The molecule has 0 bridgehead atoms. The lowest BCUT2D eigenvalue weighted by molar-refractivity contribution is -0.137. The zero-order chi connectivity index (χ0) is 18.0. The highest BCUT2D eigenvalue weighted by atomic mass is 19.4. The molecule has 1 aromatic heterocycles. The Bertz CT molecular complexity index is 730. The van der Waals surface area contributed by atoms with Crippen LogP contribution in [0.2, 0.25) is 0 Å². The van der Waals surface area contributed by atoms with E-state index in [0.717, 1.165) is 12.1 Å². The van der Waals surface area contributed by atoms with Gasteiger partial charge in [0.15, 0.2) is 5.82 Å². The van der Waals surface area contributed by atoms with Gasteiger partial charge in [-0.1, -0.05) is 17.3 Å². The number of nitrogens with one attached hydrogen (secondary N) is 2. The molecule has 0 spiro atoms. The number of halogens is 3. The molecule has 0 radical (unpaired) electrons. The van der Waals surface area contributed by atoms with Crippen LogP contribution in [0.25, 0.3) is 0 Å². The first-order chi connectivity index (χ1) is 11.1. The smallest absolute Gasteiger partial charge is 0.394 e. The highest BCUT2D eigenvalue weighted by molar-refractivity contribution is 5.88. The number of carbonyl (C=O) groups excluding carboxylic acids is 1. The van der Waals surface area contributed by atoms with Crippen molar-refractivity contribution in [3.05, 3.63) is 47.2 Å². The summed E-state index contributed by atoms with van der Waals surface area (Å²) in [5.74, 6) is 0.627. The largest absolute Gasteiger partial charge is 0.416 e. The van der Waals surface area contributed by atoms with Crippen molar-refractivity contribution >= 4 is 11.8 Å². The predicted octanol–water partition coefficient (Wildman–Crippen LogP) is 3.03. The molecule has 24 heavy (non-hydrogen) atoms. The number of hydrogen-bond acceptors (Lipinski definition) is 4. The maximum Gasteiger partial charge on any atom is 0.416 e. The lowest BCUT2D eigenvalue weighted by Gasteiger charge is -2.29. The molecule has 2 amide bonds. The summed E-state index contributed by atoms with van der Waals surface area (Å²) in [7, 11) is 0. The van der Waals surface area contributed by atoms with Crippen molar-refractivity contribution in [2.75, 3.05) is 11.9 Å². The average Bonchev–Trinajstić information content (AvgIpc) is 2.91. The Labute approximate surface area is 135 Å². The molecule has 0 saturated carbocycles. The van der Waals surface area contributed by atoms with Crippen LogP contribution in [0.4, 0.5) is 23.8 Å². The van der Waals surface area contributed by atoms with E-state index < -0.39 is 29.9 Å². The van der Waals surface area contributed by atoms with E-state index in [0.29, 0.717) is 5.76 Å². The molecule has 3 N–H and O–H groups in total. The molecule has 1 atom stereocenters. The normalized spacial score (nSPS) is 14.1.